The first-order valence-corrected chi connectivity index (χ1v) is 8.97. The van der Waals surface area contributed by atoms with E-state index in [1.807, 2.05) is 0 Å². The third-order valence-electron chi connectivity index (χ3n) is 5.23. The van der Waals surface area contributed by atoms with E-state index in [1.165, 1.54) is 12.1 Å². The fourth-order valence-corrected chi connectivity index (χ4v) is 3.76. The second-order valence-corrected chi connectivity index (χ2v) is 6.95. The maximum atomic E-state index is 11.8. The average molecular weight is 387 g/mol. The van der Waals surface area contributed by atoms with Crippen LogP contribution in [0, 0.1) is 5.92 Å². The quantitative estimate of drug-likeness (QED) is 0.376. The van der Waals surface area contributed by atoms with Gasteiger partial charge in [0.2, 0.25) is 5.91 Å². The first-order chi connectivity index (χ1) is 13.4. The molecule has 3 rings (SSSR count). The Kier molecular flexibility index (Phi) is 5.74. The van der Waals surface area contributed by atoms with E-state index in [0.29, 0.717) is 42.5 Å². The standard InChI is InChI=1S/C19H21N3O6/c23-15(22-28)9-14-16(10-4-6-11(7-5-10)18(24)25)20-21-17(14)12-2-1-3-13(8-12)19(26)27/h1-3,8,10-11,28H,4-7,9H2,(H,20,21)(H,22,23)(H,24,25)(H,26,27). The average Bonchev–Trinajstić information content (AvgIpc) is 3.11. The molecule has 1 saturated carbocycles. The van der Waals surface area contributed by atoms with Crippen LogP contribution in [0.5, 0.6) is 0 Å². The Morgan fingerprint density at radius 2 is 1.86 bits per heavy atom. The van der Waals surface area contributed by atoms with Gasteiger partial charge in [0.25, 0.3) is 0 Å². The second-order valence-electron chi connectivity index (χ2n) is 6.95. The van der Waals surface area contributed by atoms with Gasteiger partial charge in [-0.15, -0.1) is 0 Å². The maximum Gasteiger partial charge on any atom is 0.335 e. The molecule has 0 aliphatic heterocycles. The van der Waals surface area contributed by atoms with Crippen LogP contribution in [-0.4, -0.2) is 43.5 Å². The number of hydrogen-bond donors (Lipinski definition) is 5. The van der Waals surface area contributed by atoms with Gasteiger partial charge in [-0.25, -0.2) is 10.3 Å². The normalized spacial score (nSPS) is 19.2. The van der Waals surface area contributed by atoms with Crippen LogP contribution in [0.4, 0.5) is 0 Å². The Morgan fingerprint density at radius 3 is 2.46 bits per heavy atom. The van der Waals surface area contributed by atoms with Crippen molar-refractivity contribution in [2.24, 2.45) is 5.92 Å². The minimum Gasteiger partial charge on any atom is -0.481 e. The first kappa shape index (κ1) is 19.6. The molecular weight excluding hydrogens is 366 g/mol. The number of carbonyl (C=O) groups excluding carboxylic acids is 1. The van der Waals surface area contributed by atoms with Gasteiger partial charge in [-0.2, -0.15) is 5.10 Å². The molecule has 1 aliphatic rings. The Bertz CT molecular complexity index is 899. The number of benzene rings is 1. The van der Waals surface area contributed by atoms with Crippen molar-refractivity contribution < 1.29 is 29.8 Å². The predicted octanol–water partition coefficient (Wildman–Crippen LogP) is 2.18. The van der Waals surface area contributed by atoms with Crippen molar-refractivity contribution in [3.8, 4) is 11.3 Å². The zero-order valence-electron chi connectivity index (χ0n) is 15.0. The molecule has 148 valence electrons. The number of nitrogens with zero attached hydrogens (tertiary/aromatic N) is 1. The molecule has 9 heteroatoms. The summed E-state index contributed by atoms with van der Waals surface area (Å²) in [5.74, 6) is -2.83. The summed E-state index contributed by atoms with van der Waals surface area (Å²) in [6.45, 7) is 0. The van der Waals surface area contributed by atoms with E-state index >= 15 is 0 Å². The molecule has 1 amide bonds. The van der Waals surface area contributed by atoms with Gasteiger partial charge in [-0.05, 0) is 37.8 Å². The number of carboxylic acid groups (broad SMARTS) is 2. The minimum atomic E-state index is -1.07. The number of amides is 1. The van der Waals surface area contributed by atoms with E-state index in [9.17, 15) is 24.6 Å². The number of carboxylic acids is 2. The number of nitrogens with one attached hydrogen (secondary N) is 2. The molecule has 0 spiro atoms. The molecule has 0 bridgehead atoms. The molecule has 9 nitrogen and oxygen atoms in total. The molecule has 2 aromatic rings. The van der Waals surface area contributed by atoms with Crippen molar-refractivity contribution in [2.45, 2.75) is 38.0 Å². The Morgan fingerprint density at radius 1 is 1.14 bits per heavy atom. The SMILES string of the molecule is O=C(Cc1c(-c2cccc(C(=O)O)c2)n[nH]c1C1CCC(C(=O)O)CC1)NO. The van der Waals surface area contributed by atoms with Gasteiger partial charge in [0, 0.05) is 22.7 Å². The van der Waals surface area contributed by atoms with Crippen LogP contribution in [-0.2, 0) is 16.0 Å². The van der Waals surface area contributed by atoms with Gasteiger partial charge >= 0.3 is 11.9 Å². The summed E-state index contributed by atoms with van der Waals surface area (Å²) < 4.78 is 0. The highest BCUT2D eigenvalue weighted by Gasteiger charge is 2.30. The fraction of sp³-hybridized carbons (Fsp3) is 0.368. The third kappa shape index (κ3) is 4.04. The lowest BCUT2D eigenvalue weighted by atomic mass is 9.79. The minimum absolute atomic E-state index is 0.0148. The lowest BCUT2D eigenvalue weighted by Gasteiger charge is -2.26. The molecule has 28 heavy (non-hydrogen) atoms. The first-order valence-electron chi connectivity index (χ1n) is 8.97. The topological polar surface area (TPSA) is 153 Å². The van der Waals surface area contributed by atoms with Gasteiger partial charge in [-0.3, -0.25) is 19.9 Å². The number of carbonyl (C=O) groups is 3. The van der Waals surface area contributed by atoms with Crippen molar-refractivity contribution in [3.63, 3.8) is 0 Å². The smallest absolute Gasteiger partial charge is 0.335 e. The molecule has 0 atom stereocenters. The second kappa shape index (κ2) is 8.22. The van der Waals surface area contributed by atoms with Crippen LogP contribution >= 0.6 is 0 Å². The third-order valence-corrected chi connectivity index (χ3v) is 5.23. The monoisotopic (exact) mass is 387 g/mol. The number of aromatic carboxylic acids is 1. The van der Waals surface area contributed by atoms with Crippen LogP contribution < -0.4 is 5.48 Å². The maximum absolute atomic E-state index is 11.8. The lowest BCUT2D eigenvalue weighted by Crippen LogP contribution is -2.23. The van der Waals surface area contributed by atoms with E-state index in [0.717, 1.165) is 5.69 Å². The lowest BCUT2D eigenvalue weighted by molar-refractivity contribution is -0.142. The van der Waals surface area contributed by atoms with Crippen molar-refractivity contribution >= 4 is 17.8 Å². The van der Waals surface area contributed by atoms with Gasteiger partial charge in [-0.1, -0.05) is 12.1 Å². The molecule has 1 heterocycles. The van der Waals surface area contributed by atoms with E-state index in [-0.39, 0.29) is 23.8 Å². The van der Waals surface area contributed by atoms with Crippen LogP contribution in [0.3, 0.4) is 0 Å². The van der Waals surface area contributed by atoms with Crippen LogP contribution in [0.1, 0.15) is 53.2 Å². The zero-order chi connectivity index (χ0) is 20.3. The number of H-pyrrole nitrogens is 1. The number of aromatic amines is 1. The van der Waals surface area contributed by atoms with Gasteiger partial charge in [0.05, 0.1) is 23.6 Å². The van der Waals surface area contributed by atoms with E-state index in [1.54, 1.807) is 17.6 Å². The molecule has 5 N–H and O–H groups in total. The predicted molar refractivity (Wildman–Crippen MR) is 97.0 cm³/mol. The summed E-state index contributed by atoms with van der Waals surface area (Å²) >= 11 is 0. The van der Waals surface area contributed by atoms with Gasteiger partial charge in [0.1, 0.15) is 0 Å². The molecule has 0 radical (unpaired) electrons. The molecule has 1 fully saturated rings. The summed E-state index contributed by atoms with van der Waals surface area (Å²) in [6, 6.07) is 6.24. The Hall–Kier alpha value is -3.20. The van der Waals surface area contributed by atoms with Crippen molar-refractivity contribution in [2.75, 3.05) is 0 Å². The highest BCUT2D eigenvalue weighted by Crippen LogP contribution is 2.39. The number of aromatic nitrogens is 2. The van der Waals surface area contributed by atoms with Crippen molar-refractivity contribution in [1.29, 1.82) is 0 Å². The van der Waals surface area contributed by atoms with Gasteiger partial charge < -0.3 is 10.2 Å². The van der Waals surface area contributed by atoms with Crippen molar-refractivity contribution in [1.82, 2.24) is 15.7 Å². The molecule has 1 aromatic carbocycles. The number of aliphatic carboxylic acids is 1. The molecule has 1 aromatic heterocycles. The number of hydrogen-bond acceptors (Lipinski definition) is 5. The summed E-state index contributed by atoms with van der Waals surface area (Å²) in [5, 5.41) is 34.6. The van der Waals surface area contributed by atoms with E-state index in [2.05, 4.69) is 10.2 Å². The zero-order valence-corrected chi connectivity index (χ0v) is 15.0. The van der Waals surface area contributed by atoms with Gasteiger partial charge in [0.15, 0.2) is 0 Å². The molecule has 0 unspecified atom stereocenters. The summed E-state index contributed by atoms with van der Waals surface area (Å²) in [6.07, 6.45) is 2.22. The Labute approximate surface area is 160 Å². The largest absolute Gasteiger partial charge is 0.481 e. The van der Waals surface area contributed by atoms with Crippen LogP contribution in [0.2, 0.25) is 0 Å². The highest BCUT2D eigenvalue weighted by molar-refractivity contribution is 5.89. The van der Waals surface area contributed by atoms with Crippen LogP contribution in [0.25, 0.3) is 11.3 Å². The Balaban J connectivity index is 1.96. The molecular formula is C19H21N3O6. The summed E-state index contributed by atoms with van der Waals surface area (Å²) in [4.78, 5) is 34.3. The van der Waals surface area contributed by atoms with E-state index < -0.39 is 17.8 Å². The molecule has 0 saturated heterocycles. The fourth-order valence-electron chi connectivity index (χ4n) is 3.76. The number of rotatable bonds is 6. The van der Waals surface area contributed by atoms with Crippen LogP contribution in [0.15, 0.2) is 24.3 Å². The number of hydroxylamine groups is 1. The van der Waals surface area contributed by atoms with E-state index in [4.69, 9.17) is 5.21 Å². The summed E-state index contributed by atoms with van der Waals surface area (Å²) in [5.41, 5.74) is 4.00. The molecule has 1 aliphatic carbocycles. The highest BCUT2D eigenvalue weighted by atomic mass is 16.5. The van der Waals surface area contributed by atoms with Crippen molar-refractivity contribution in [3.05, 3.63) is 41.1 Å². The summed E-state index contributed by atoms with van der Waals surface area (Å²) in [7, 11) is 0.